The third kappa shape index (κ3) is 4.65. The Morgan fingerprint density at radius 2 is 1.82 bits per heavy atom. The number of aromatic nitrogens is 3. The number of aromatic carboxylic acids is 1. The highest BCUT2D eigenvalue weighted by Gasteiger charge is 2.22. The van der Waals surface area contributed by atoms with E-state index in [0.717, 1.165) is 5.69 Å². The first-order valence-corrected chi connectivity index (χ1v) is 11.2. The number of hydrogen-bond acceptors (Lipinski definition) is 6. The molecule has 1 aromatic carbocycles. The lowest BCUT2D eigenvalue weighted by molar-refractivity contribution is 0.0695. The Hall–Kier alpha value is -3.53. The zero-order chi connectivity index (χ0) is 23.7. The van der Waals surface area contributed by atoms with E-state index in [2.05, 4.69) is 52.2 Å². The molecule has 2 N–H and O–H groups in total. The molecule has 0 atom stereocenters. The summed E-state index contributed by atoms with van der Waals surface area (Å²) in [4.78, 5) is 37.1. The molecule has 0 amide bonds. The Labute approximate surface area is 196 Å². The normalized spacial score (nSPS) is 13.9. The van der Waals surface area contributed by atoms with Gasteiger partial charge >= 0.3 is 5.97 Å². The molecule has 1 aliphatic rings. The Bertz CT molecular complexity index is 1280. The summed E-state index contributed by atoms with van der Waals surface area (Å²) in [5.41, 5.74) is 2.93. The van der Waals surface area contributed by atoms with Gasteiger partial charge < -0.3 is 24.8 Å². The lowest BCUT2D eigenvalue weighted by atomic mass is 10.1. The number of piperazine rings is 1. The van der Waals surface area contributed by atoms with E-state index in [4.69, 9.17) is 12.2 Å². The third-order valence-corrected chi connectivity index (χ3v) is 6.06. The fourth-order valence-corrected chi connectivity index (χ4v) is 4.37. The maximum atomic E-state index is 12.5. The second kappa shape index (κ2) is 9.14. The van der Waals surface area contributed by atoms with Crippen molar-refractivity contribution in [3.8, 4) is 0 Å². The van der Waals surface area contributed by atoms with Crippen molar-refractivity contribution in [2.75, 3.05) is 36.4 Å². The fourth-order valence-electron chi connectivity index (χ4n) is 4.07. The highest BCUT2D eigenvalue weighted by Crippen LogP contribution is 2.18. The molecule has 0 bridgehead atoms. The van der Waals surface area contributed by atoms with Gasteiger partial charge in [0.1, 0.15) is 11.2 Å². The van der Waals surface area contributed by atoms with E-state index < -0.39 is 11.4 Å². The number of aryl methyl sites for hydroxylation is 3. The van der Waals surface area contributed by atoms with Gasteiger partial charge in [-0.1, -0.05) is 6.07 Å². The van der Waals surface area contributed by atoms with Gasteiger partial charge in [0.15, 0.2) is 5.11 Å². The summed E-state index contributed by atoms with van der Waals surface area (Å²) in [7, 11) is 0. The average molecular weight is 467 g/mol. The van der Waals surface area contributed by atoms with E-state index in [0.29, 0.717) is 49.4 Å². The second-order valence-corrected chi connectivity index (χ2v) is 8.54. The predicted octanol–water partition coefficient (Wildman–Crippen LogP) is 2.65. The van der Waals surface area contributed by atoms with Crippen LogP contribution < -0.4 is 15.6 Å². The van der Waals surface area contributed by atoms with Crippen molar-refractivity contribution in [2.45, 2.75) is 27.3 Å². The number of carbonyl (C=O) groups is 1. The van der Waals surface area contributed by atoms with Gasteiger partial charge in [0.2, 0.25) is 11.4 Å². The minimum atomic E-state index is -1.25. The summed E-state index contributed by atoms with van der Waals surface area (Å²) in [6.45, 7) is 9.23. The van der Waals surface area contributed by atoms with Crippen LogP contribution in [0.2, 0.25) is 0 Å². The monoisotopic (exact) mass is 466 g/mol. The molecule has 10 heteroatoms. The maximum absolute atomic E-state index is 12.5. The van der Waals surface area contributed by atoms with E-state index in [1.165, 1.54) is 23.5 Å². The van der Waals surface area contributed by atoms with Crippen molar-refractivity contribution < 1.29 is 9.90 Å². The first-order valence-electron chi connectivity index (χ1n) is 10.8. The van der Waals surface area contributed by atoms with Crippen LogP contribution in [0.5, 0.6) is 0 Å². The van der Waals surface area contributed by atoms with E-state index in [-0.39, 0.29) is 10.9 Å². The van der Waals surface area contributed by atoms with E-state index in [1.807, 2.05) is 11.8 Å². The van der Waals surface area contributed by atoms with Crippen molar-refractivity contribution in [2.24, 2.45) is 0 Å². The highest BCUT2D eigenvalue weighted by molar-refractivity contribution is 7.80. The molecule has 2 aromatic heterocycles. The molecule has 0 spiro atoms. The first kappa shape index (κ1) is 22.7. The van der Waals surface area contributed by atoms with Crippen molar-refractivity contribution in [3.63, 3.8) is 0 Å². The molecular formula is C23H26N6O3S. The Morgan fingerprint density at radius 1 is 1.15 bits per heavy atom. The van der Waals surface area contributed by atoms with Crippen molar-refractivity contribution >= 4 is 46.0 Å². The molecular weight excluding hydrogens is 440 g/mol. The van der Waals surface area contributed by atoms with Crippen LogP contribution in [0.3, 0.4) is 0 Å². The Balaban J connectivity index is 1.49. The summed E-state index contributed by atoms with van der Waals surface area (Å²) >= 11 is 5.62. The number of pyridine rings is 1. The first-order chi connectivity index (χ1) is 15.8. The summed E-state index contributed by atoms with van der Waals surface area (Å²) < 4.78 is 1.67. The molecule has 9 nitrogen and oxygen atoms in total. The van der Waals surface area contributed by atoms with E-state index >= 15 is 0 Å². The molecule has 0 saturated carbocycles. The number of anilines is 2. The van der Waals surface area contributed by atoms with Gasteiger partial charge in [0, 0.05) is 50.8 Å². The average Bonchev–Trinajstić information content (AvgIpc) is 2.78. The van der Waals surface area contributed by atoms with E-state index in [1.54, 1.807) is 4.57 Å². The SMILES string of the molecule is CCn1cc(C(=O)O)c(=O)c2cnc(N3CCN(C(=S)Nc4cc(C)cc(C)c4)CC3)nc21. The highest BCUT2D eigenvalue weighted by atomic mass is 32.1. The van der Waals surface area contributed by atoms with Crippen LogP contribution in [0, 0.1) is 13.8 Å². The molecule has 0 unspecified atom stereocenters. The molecule has 1 saturated heterocycles. The number of hydrogen-bond donors (Lipinski definition) is 2. The molecule has 1 fully saturated rings. The van der Waals surface area contributed by atoms with Crippen LogP contribution in [0.25, 0.3) is 11.0 Å². The van der Waals surface area contributed by atoms with Gasteiger partial charge in [0.05, 0.1) is 5.39 Å². The van der Waals surface area contributed by atoms with Crippen LogP contribution in [-0.4, -0.2) is 61.8 Å². The Kier molecular flexibility index (Phi) is 6.28. The predicted molar refractivity (Wildman–Crippen MR) is 132 cm³/mol. The molecule has 3 heterocycles. The zero-order valence-corrected chi connectivity index (χ0v) is 19.6. The minimum Gasteiger partial charge on any atom is -0.477 e. The van der Waals surface area contributed by atoms with Gasteiger partial charge in [-0.05, 0) is 56.2 Å². The summed E-state index contributed by atoms with van der Waals surface area (Å²) in [6.07, 6.45) is 2.77. The number of nitrogens with zero attached hydrogens (tertiary/aromatic N) is 5. The molecule has 0 aliphatic carbocycles. The lowest BCUT2D eigenvalue weighted by Crippen LogP contribution is -2.50. The molecule has 1 aliphatic heterocycles. The summed E-state index contributed by atoms with van der Waals surface area (Å²) in [5, 5.41) is 13.5. The molecule has 3 aromatic rings. The Morgan fingerprint density at radius 3 is 2.42 bits per heavy atom. The summed E-state index contributed by atoms with van der Waals surface area (Å²) in [5.74, 6) is -0.741. The standard InChI is InChI=1S/C23H26N6O3S/c1-4-27-13-18(21(31)32)19(30)17-12-24-22(26-20(17)27)28-5-7-29(8-6-28)23(33)25-16-10-14(2)9-15(3)11-16/h9-13H,4-8H2,1-3H3,(H,25,33)(H,31,32). The molecule has 0 radical (unpaired) electrons. The van der Waals surface area contributed by atoms with Crippen LogP contribution >= 0.6 is 12.2 Å². The van der Waals surface area contributed by atoms with Crippen LogP contribution in [0.1, 0.15) is 28.4 Å². The van der Waals surface area contributed by atoms with Gasteiger partial charge in [-0.2, -0.15) is 4.98 Å². The smallest absolute Gasteiger partial charge is 0.341 e. The zero-order valence-electron chi connectivity index (χ0n) is 18.8. The lowest BCUT2D eigenvalue weighted by Gasteiger charge is -2.36. The summed E-state index contributed by atoms with van der Waals surface area (Å²) in [6, 6.07) is 6.26. The number of benzene rings is 1. The molecule has 4 rings (SSSR count). The van der Waals surface area contributed by atoms with Crippen molar-refractivity contribution in [3.05, 3.63) is 57.5 Å². The van der Waals surface area contributed by atoms with Gasteiger partial charge in [0.25, 0.3) is 0 Å². The van der Waals surface area contributed by atoms with Crippen molar-refractivity contribution in [1.82, 2.24) is 19.4 Å². The number of nitrogens with one attached hydrogen (secondary N) is 1. The quantitative estimate of drug-likeness (QED) is 0.562. The number of carboxylic acid groups (broad SMARTS) is 1. The van der Waals surface area contributed by atoms with Crippen LogP contribution in [0.15, 0.2) is 35.4 Å². The molecule has 172 valence electrons. The van der Waals surface area contributed by atoms with Crippen LogP contribution in [-0.2, 0) is 6.54 Å². The number of carboxylic acids is 1. The fraction of sp³-hybridized carbons (Fsp3) is 0.348. The van der Waals surface area contributed by atoms with Gasteiger partial charge in [-0.15, -0.1) is 0 Å². The van der Waals surface area contributed by atoms with E-state index in [9.17, 15) is 14.7 Å². The minimum absolute atomic E-state index is 0.206. The second-order valence-electron chi connectivity index (χ2n) is 8.15. The van der Waals surface area contributed by atoms with Gasteiger partial charge in [-0.25, -0.2) is 9.78 Å². The topological polar surface area (TPSA) is 104 Å². The number of thiocarbonyl (C=S) groups is 1. The van der Waals surface area contributed by atoms with Crippen LogP contribution in [0.4, 0.5) is 11.6 Å². The number of rotatable bonds is 4. The largest absolute Gasteiger partial charge is 0.477 e. The van der Waals surface area contributed by atoms with Crippen molar-refractivity contribution in [1.29, 1.82) is 0 Å². The maximum Gasteiger partial charge on any atom is 0.341 e. The third-order valence-electron chi connectivity index (χ3n) is 5.70. The number of fused-ring (bicyclic) bond motifs is 1. The molecule has 33 heavy (non-hydrogen) atoms. The van der Waals surface area contributed by atoms with Gasteiger partial charge in [-0.3, -0.25) is 4.79 Å².